The SMILES string of the molecule is O=C(O)CCCCCCCCC/C=C\CCCCCCCCF. The number of hydrogen-bond donors (Lipinski definition) is 1. The molecule has 0 amide bonds. The summed E-state index contributed by atoms with van der Waals surface area (Å²) in [5, 5.41) is 8.53. The van der Waals surface area contributed by atoms with E-state index < -0.39 is 5.97 Å². The molecule has 2 nitrogen and oxygen atoms in total. The molecule has 0 aliphatic carbocycles. The van der Waals surface area contributed by atoms with Crippen LogP contribution in [0.2, 0.25) is 0 Å². The molecule has 0 saturated heterocycles. The number of rotatable bonds is 18. The molecule has 0 unspecified atom stereocenters. The predicted molar refractivity (Wildman–Crippen MR) is 96.6 cm³/mol. The lowest BCUT2D eigenvalue weighted by Crippen LogP contribution is -1.93. The number of hydrogen-bond acceptors (Lipinski definition) is 1. The molecule has 0 radical (unpaired) electrons. The van der Waals surface area contributed by atoms with E-state index >= 15 is 0 Å². The molecule has 0 aromatic heterocycles. The highest BCUT2D eigenvalue weighted by atomic mass is 19.1. The normalized spacial score (nSPS) is 11.3. The highest BCUT2D eigenvalue weighted by Crippen LogP contribution is 2.11. The minimum atomic E-state index is -0.673. The van der Waals surface area contributed by atoms with Crippen molar-refractivity contribution in [1.82, 2.24) is 0 Å². The first kappa shape index (κ1) is 22.1. The van der Waals surface area contributed by atoms with Crippen LogP contribution >= 0.6 is 0 Å². The van der Waals surface area contributed by atoms with Crippen LogP contribution in [0.1, 0.15) is 103 Å². The Bertz CT molecular complexity index is 277. The molecule has 0 spiro atoms. The fraction of sp³-hybridized carbons (Fsp3) is 0.850. The van der Waals surface area contributed by atoms with E-state index in [0.29, 0.717) is 6.42 Å². The van der Waals surface area contributed by atoms with Gasteiger partial charge in [-0.3, -0.25) is 9.18 Å². The summed E-state index contributed by atoms with van der Waals surface area (Å²) in [6.45, 7) is -0.159. The van der Waals surface area contributed by atoms with Gasteiger partial charge in [0.05, 0.1) is 6.67 Å². The summed E-state index contributed by atoms with van der Waals surface area (Å²) in [7, 11) is 0. The summed E-state index contributed by atoms with van der Waals surface area (Å²) in [5.74, 6) is -0.673. The van der Waals surface area contributed by atoms with Gasteiger partial charge in [-0.05, 0) is 38.5 Å². The van der Waals surface area contributed by atoms with E-state index in [1.807, 2.05) is 0 Å². The van der Waals surface area contributed by atoms with Gasteiger partial charge in [-0.2, -0.15) is 0 Å². The molecule has 0 rings (SSSR count). The van der Waals surface area contributed by atoms with E-state index in [-0.39, 0.29) is 6.67 Å². The monoisotopic (exact) mass is 328 g/mol. The molecular weight excluding hydrogens is 291 g/mol. The number of allylic oxidation sites excluding steroid dienone is 2. The van der Waals surface area contributed by atoms with Crippen LogP contribution in [-0.2, 0) is 4.79 Å². The number of alkyl halides is 1. The maximum Gasteiger partial charge on any atom is 0.303 e. The smallest absolute Gasteiger partial charge is 0.303 e. The van der Waals surface area contributed by atoms with E-state index in [0.717, 1.165) is 25.7 Å². The summed E-state index contributed by atoms with van der Waals surface area (Å²) >= 11 is 0. The quantitative estimate of drug-likeness (QED) is 0.221. The first-order valence-corrected chi connectivity index (χ1v) is 9.70. The van der Waals surface area contributed by atoms with E-state index in [9.17, 15) is 9.18 Å². The minimum Gasteiger partial charge on any atom is -0.481 e. The number of carbonyl (C=O) groups is 1. The second kappa shape index (κ2) is 19.2. The number of carboxylic acid groups (broad SMARTS) is 1. The van der Waals surface area contributed by atoms with Gasteiger partial charge in [-0.1, -0.05) is 69.9 Å². The summed E-state index contributed by atoms with van der Waals surface area (Å²) in [5.41, 5.74) is 0. The third-order valence-electron chi connectivity index (χ3n) is 4.18. The lowest BCUT2D eigenvalue weighted by molar-refractivity contribution is -0.137. The number of carboxylic acids is 1. The van der Waals surface area contributed by atoms with Crippen molar-refractivity contribution in [3.63, 3.8) is 0 Å². The number of halogens is 1. The van der Waals surface area contributed by atoms with E-state index in [4.69, 9.17) is 5.11 Å². The van der Waals surface area contributed by atoms with Gasteiger partial charge < -0.3 is 5.11 Å². The Kier molecular flexibility index (Phi) is 18.5. The Morgan fingerprint density at radius 1 is 0.652 bits per heavy atom. The van der Waals surface area contributed by atoms with Gasteiger partial charge in [0.2, 0.25) is 0 Å². The Morgan fingerprint density at radius 3 is 1.48 bits per heavy atom. The van der Waals surface area contributed by atoms with Crippen molar-refractivity contribution >= 4 is 5.97 Å². The van der Waals surface area contributed by atoms with Gasteiger partial charge in [0.1, 0.15) is 0 Å². The molecule has 0 fully saturated rings. The van der Waals surface area contributed by atoms with Crippen molar-refractivity contribution in [2.24, 2.45) is 0 Å². The molecule has 23 heavy (non-hydrogen) atoms. The van der Waals surface area contributed by atoms with Crippen LogP contribution in [0.15, 0.2) is 12.2 Å². The average Bonchev–Trinajstić information content (AvgIpc) is 2.53. The molecule has 1 N–H and O–H groups in total. The summed E-state index contributed by atoms with van der Waals surface area (Å²) < 4.78 is 11.9. The molecule has 3 heteroatoms. The maximum atomic E-state index is 11.9. The van der Waals surface area contributed by atoms with Gasteiger partial charge in [0.15, 0.2) is 0 Å². The zero-order chi connectivity index (χ0) is 17.0. The van der Waals surface area contributed by atoms with E-state index in [1.165, 1.54) is 70.6 Å². The van der Waals surface area contributed by atoms with Gasteiger partial charge in [-0.25, -0.2) is 0 Å². The predicted octanol–water partition coefficient (Wildman–Crippen LogP) is 6.84. The molecule has 0 bridgehead atoms. The Hall–Kier alpha value is -0.860. The molecule has 0 aromatic carbocycles. The topological polar surface area (TPSA) is 37.3 Å². The Labute approximate surface area is 142 Å². The number of unbranched alkanes of at least 4 members (excludes halogenated alkanes) is 13. The average molecular weight is 329 g/mol. The summed E-state index contributed by atoms with van der Waals surface area (Å²) in [4.78, 5) is 10.4. The van der Waals surface area contributed by atoms with Crippen LogP contribution in [-0.4, -0.2) is 17.8 Å². The van der Waals surface area contributed by atoms with Crippen LogP contribution in [0, 0.1) is 0 Å². The molecule has 0 aliphatic heterocycles. The van der Waals surface area contributed by atoms with Gasteiger partial charge in [0.25, 0.3) is 0 Å². The highest BCUT2D eigenvalue weighted by Gasteiger charge is 1.96. The zero-order valence-corrected chi connectivity index (χ0v) is 14.9. The van der Waals surface area contributed by atoms with E-state index in [1.54, 1.807) is 0 Å². The molecule has 0 aromatic rings. The molecule has 0 atom stereocenters. The second-order valence-corrected chi connectivity index (χ2v) is 6.48. The lowest BCUT2D eigenvalue weighted by atomic mass is 10.1. The third-order valence-corrected chi connectivity index (χ3v) is 4.18. The van der Waals surface area contributed by atoms with Gasteiger partial charge >= 0.3 is 5.97 Å². The van der Waals surface area contributed by atoms with Crippen molar-refractivity contribution in [3.8, 4) is 0 Å². The van der Waals surface area contributed by atoms with Crippen molar-refractivity contribution in [3.05, 3.63) is 12.2 Å². The Balaban J connectivity index is 3.07. The Morgan fingerprint density at radius 2 is 1.04 bits per heavy atom. The molecule has 0 aliphatic rings. The lowest BCUT2D eigenvalue weighted by Gasteiger charge is -2.00. The molecule has 136 valence electrons. The van der Waals surface area contributed by atoms with Crippen molar-refractivity contribution in [2.75, 3.05) is 6.67 Å². The van der Waals surface area contributed by atoms with Crippen molar-refractivity contribution in [2.45, 2.75) is 103 Å². The zero-order valence-electron chi connectivity index (χ0n) is 14.9. The van der Waals surface area contributed by atoms with Gasteiger partial charge in [-0.15, -0.1) is 0 Å². The summed E-state index contributed by atoms with van der Waals surface area (Å²) in [6.07, 6.45) is 22.2. The van der Waals surface area contributed by atoms with Crippen molar-refractivity contribution in [1.29, 1.82) is 0 Å². The van der Waals surface area contributed by atoms with E-state index in [2.05, 4.69) is 12.2 Å². The van der Waals surface area contributed by atoms with Crippen LogP contribution in [0.3, 0.4) is 0 Å². The van der Waals surface area contributed by atoms with Crippen LogP contribution in [0.4, 0.5) is 4.39 Å². The molecule has 0 saturated carbocycles. The maximum absolute atomic E-state index is 11.9. The largest absolute Gasteiger partial charge is 0.481 e. The first-order valence-electron chi connectivity index (χ1n) is 9.70. The van der Waals surface area contributed by atoms with Crippen LogP contribution in [0.25, 0.3) is 0 Å². The minimum absolute atomic E-state index is 0.159. The number of aliphatic carboxylic acids is 1. The fourth-order valence-electron chi connectivity index (χ4n) is 2.72. The van der Waals surface area contributed by atoms with Crippen molar-refractivity contribution < 1.29 is 14.3 Å². The van der Waals surface area contributed by atoms with Crippen LogP contribution in [0.5, 0.6) is 0 Å². The molecule has 0 heterocycles. The van der Waals surface area contributed by atoms with Crippen LogP contribution < -0.4 is 0 Å². The standard InChI is InChI=1S/C20H37FO2/c21-19-17-15-13-11-9-7-5-3-1-2-4-6-8-10-12-14-16-18-20(22)23/h1,3H,2,4-19H2,(H,22,23)/b3-1-. The third kappa shape index (κ3) is 21.1. The second-order valence-electron chi connectivity index (χ2n) is 6.48. The molecular formula is C20H37FO2. The highest BCUT2D eigenvalue weighted by molar-refractivity contribution is 5.66. The fourth-order valence-corrected chi connectivity index (χ4v) is 2.72. The summed E-state index contributed by atoms with van der Waals surface area (Å²) in [6, 6.07) is 0. The first-order chi connectivity index (χ1) is 11.3. The van der Waals surface area contributed by atoms with Gasteiger partial charge in [0, 0.05) is 6.42 Å².